The molecule has 1 atom stereocenters. The molecule has 18 heavy (non-hydrogen) atoms. The van der Waals surface area contributed by atoms with Crippen molar-refractivity contribution in [1.29, 1.82) is 0 Å². The zero-order valence-corrected chi connectivity index (χ0v) is 11.6. The number of aromatic nitrogens is 2. The number of hydrogen-bond acceptors (Lipinski definition) is 3. The number of nitrogen functional groups attached to an aromatic ring is 1. The molecule has 1 saturated heterocycles. The first-order valence-electron chi connectivity index (χ1n) is 7.20. The minimum atomic E-state index is 0.396. The van der Waals surface area contributed by atoms with Gasteiger partial charge in [-0.25, -0.2) is 4.98 Å². The highest BCUT2D eigenvalue weighted by Gasteiger charge is 2.24. The number of hydrogen-bond donors (Lipinski definition) is 1. The molecule has 0 aromatic carbocycles. The Morgan fingerprint density at radius 3 is 2.83 bits per heavy atom. The van der Waals surface area contributed by atoms with E-state index in [9.17, 15) is 0 Å². The fraction of sp³-hybridized carbons (Fsp3) is 0.786. The minimum Gasteiger partial charge on any atom is -0.384 e. The van der Waals surface area contributed by atoms with Crippen molar-refractivity contribution in [3.8, 4) is 0 Å². The van der Waals surface area contributed by atoms with Gasteiger partial charge in [0.2, 0.25) is 0 Å². The first-order chi connectivity index (χ1) is 8.77. The zero-order chi connectivity index (χ0) is 13.0. The Bertz CT molecular complexity index is 381. The molecule has 0 amide bonds. The van der Waals surface area contributed by atoms with E-state index in [1.54, 1.807) is 0 Å². The van der Waals surface area contributed by atoms with E-state index in [0.717, 1.165) is 69.2 Å². The number of aryl methyl sites for hydroxylation is 1. The van der Waals surface area contributed by atoms with Crippen LogP contribution in [-0.4, -0.2) is 22.8 Å². The van der Waals surface area contributed by atoms with Gasteiger partial charge < -0.3 is 15.0 Å². The molecule has 2 rings (SSSR count). The van der Waals surface area contributed by atoms with Gasteiger partial charge in [0, 0.05) is 25.5 Å². The summed E-state index contributed by atoms with van der Waals surface area (Å²) in [6.45, 7) is 7.00. The normalized spacial score (nSPS) is 20.2. The first-order valence-corrected chi connectivity index (χ1v) is 7.20. The van der Waals surface area contributed by atoms with Crippen molar-refractivity contribution < 1.29 is 4.74 Å². The Kier molecular flexibility index (Phi) is 4.64. The van der Waals surface area contributed by atoms with Crippen LogP contribution in [0.3, 0.4) is 0 Å². The van der Waals surface area contributed by atoms with Gasteiger partial charge in [-0.2, -0.15) is 0 Å². The lowest BCUT2D eigenvalue weighted by Crippen LogP contribution is -2.17. The summed E-state index contributed by atoms with van der Waals surface area (Å²) >= 11 is 0. The van der Waals surface area contributed by atoms with Gasteiger partial charge in [0.15, 0.2) is 0 Å². The summed E-state index contributed by atoms with van der Waals surface area (Å²) in [4.78, 5) is 4.80. The third-order valence-electron chi connectivity index (χ3n) is 3.58. The molecule has 1 fully saturated rings. The molecule has 0 bridgehead atoms. The molecule has 0 aliphatic carbocycles. The van der Waals surface area contributed by atoms with Crippen molar-refractivity contribution in [3.05, 3.63) is 11.5 Å². The number of anilines is 1. The molecule has 102 valence electrons. The highest BCUT2D eigenvalue weighted by Crippen LogP contribution is 2.30. The lowest BCUT2D eigenvalue weighted by molar-refractivity contribution is 0.0796. The molecule has 1 unspecified atom stereocenters. The van der Waals surface area contributed by atoms with Gasteiger partial charge >= 0.3 is 0 Å². The van der Waals surface area contributed by atoms with Crippen molar-refractivity contribution in [1.82, 2.24) is 9.55 Å². The maximum Gasteiger partial charge on any atom is 0.127 e. The van der Waals surface area contributed by atoms with Crippen LogP contribution < -0.4 is 5.73 Å². The summed E-state index contributed by atoms with van der Waals surface area (Å²) < 4.78 is 7.76. The van der Waals surface area contributed by atoms with E-state index >= 15 is 0 Å². The van der Waals surface area contributed by atoms with Gasteiger partial charge in [0.05, 0.1) is 12.3 Å². The molecule has 0 radical (unpaired) electrons. The Morgan fingerprint density at radius 2 is 2.22 bits per heavy atom. The lowest BCUT2D eigenvalue weighted by Gasteiger charge is -2.21. The molecule has 4 heteroatoms. The predicted octanol–water partition coefficient (Wildman–Crippen LogP) is 2.72. The van der Waals surface area contributed by atoms with E-state index in [4.69, 9.17) is 15.5 Å². The molecular formula is C14H25N3O. The number of rotatable bonds is 5. The van der Waals surface area contributed by atoms with E-state index in [2.05, 4.69) is 18.4 Å². The molecule has 0 saturated carbocycles. The molecule has 2 N–H and O–H groups in total. The summed E-state index contributed by atoms with van der Waals surface area (Å²) in [5, 5.41) is 0. The quantitative estimate of drug-likeness (QED) is 0.875. The van der Waals surface area contributed by atoms with Crippen molar-refractivity contribution in [2.45, 2.75) is 58.4 Å². The van der Waals surface area contributed by atoms with Crippen LogP contribution in [-0.2, 0) is 17.7 Å². The molecule has 4 nitrogen and oxygen atoms in total. The fourth-order valence-corrected chi connectivity index (χ4v) is 2.68. The fourth-order valence-electron chi connectivity index (χ4n) is 2.68. The van der Waals surface area contributed by atoms with Crippen molar-refractivity contribution >= 4 is 5.82 Å². The van der Waals surface area contributed by atoms with Gasteiger partial charge in [-0.15, -0.1) is 0 Å². The van der Waals surface area contributed by atoms with Crippen LogP contribution in [0.15, 0.2) is 0 Å². The summed E-state index contributed by atoms with van der Waals surface area (Å²) in [7, 11) is 0. The second-order valence-corrected chi connectivity index (χ2v) is 5.11. The van der Waals surface area contributed by atoms with Crippen LogP contribution >= 0.6 is 0 Å². The predicted molar refractivity (Wildman–Crippen MR) is 73.7 cm³/mol. The molecule has 0 spiro atoms. The van der Waals surface area contributed by atoms with Crippen LogP contribution in [0, 0.1) is 0 Å². The monoisotopic (exact) mass is 251 g/mol. The highest BCUT2D eigenvalue weighted by atomic mass is 16.5. The summed E-state index contributed by atoms with van der Waals surface area (Å²) in [5.74, 6) is 2.42. The van der Waals surface area contributed by atoms with E-state index in [1.807, 2.05) is 0 Å². The average Bonchev–Trinajstić information content (AvgIpc) is 2.70. The Labute approximate surface area is 110 Å². The van der Waals surface area contributed by atoms with Gasteiger partial charge in [-0.05, 0) is 25.7 Å². The first kappa shape index (κ1) is 13.4. The molecule has 1 aromatic heterocycles. The van der Waals surface area contributed by atoms with E-state index in [-0.39, 0.29) is 0 Å². The Hall–Kier alpha value is -1.03. The van der Waals surface area contributed by atoms with Gasteiger partial charge in [0.1, 0.15) is 11.6 Å². The molecule has 1 aromatic rings. The lowest BCUT2D eigenvalue weighted by atomic mass is 9.98. The Balaban J connectivity index is 2.26. The van der Waals surface area contributed by atoms with E-state index < -0.39 is 0 Å². The van der Waals surface area contributed by atoms with Crippen LogP contribution in [0.2, 0.25) is 0 Å². The van der Waals surface area contributed by atoms with Crippen molar-refractivity contribution in [3.63, 3.8) is 0 Å². The van der Waals surface area contributed by atoms with Crippen LogP contribution in [0.25, 0.3) is 0 Å². The van der Waals surface area contributed by atoms with E-state index in [1.165, 1.54) is 0 Å². The second kappa shape index (κ2) is 6.23. The van der Waals surface area contributed by atoms with Crippen LogP contribution in [0.5, 0.6) is 0 Å². The number of ether oxygens (including phenoxy) is 1. The molecular weight excluding hydrogens is 226 g/mol. The van der Waals surface area contributed by atoms with E-state index in [0.29, 0.717) is 5.92 Å². The van der Waals surface area contributed by atoms with Crippen molar-refractivity contribution in [2.24, 2.45) is 0 Å². The maximum absolute atomic E-state index is 6.30. The average molecular weight is 251 g/mol. The number of nitrogens with two attached hydrogens (primary N) is 1. The molecule has 2 heterocycles. The highest BCUT2D eigenvalue weighted by molar-refractivity contribution is 5.41. The van der Waals surface area contributed by atoms with Crippen molar-refractivity contribution in [2.75, 3.05) is 18.9 Å². The minimum absolute atomic E-state index is 0.396. The van der Waals surface area contributed by atoms with Gasteiger partial charge in [0.25, 0.3) is 0 Å². The zero-order valence-electron chi connectivity index (χ0n) is 11.6. The summed E-state index contributed by atoms with van der Waals surface area (Å²) in [6.07, 6.45) is 5.49. The molecule has 1 aliphatic heterocycles. The standard InChI is InChI=1S/C14H25N3O/c1-3-6-12-16-13(11-7-5-9-18-10-11)14(15)17(12)8-4-2/h11H,3-10,15H2,1-2H3. The van der Waals surface area contributed by atoms with Gasteiger partial charge in [-0.1, -0.05) is 13.8 Å². The second-order valence-electron chi connectivity index (χ2n) is 5.11. The maximum atomic E-state index is 6.30. The third kappa shape index (κ3) is 2.69. The molecule has 1 aliphatic rings. The number of imidazole rings is 1. The Morgan fingerprint density at radius 1 is 1.39 bits per heavy atom. The topological polar surface area (TPSA) is 53.1 Å². The van der Waals surface area contributed by atoms with Crippen LogP contribution in [0.1, 0.15) is 57.0 Å². The van der Waals surface area contributed by atoms with Crippen LogP contribution in [0.4, 0.5) is 5.82 Å². The number of nitrogens with zero attached hydrogens (tertiary/aromatic N) is 2. The summed E-state index contributed by atoms with van der Waals surface area (Å²) in [5.41, 5.74) is 7.37. The SMILES string of the molecule is CCCc1nc(C2CCCOC2)c(N)n1CCC. The third-order valence-corrected chi connectivity index (χ3v) is 3.58. The largest absolute Gasteiger partial charge is 0.384 e. The smallest absolute Gasteiger partial charge is 0.127 e. The van der Waals surface area contributed by atoms with Gasteiger partial charge in [-0.3, -0.25) is 0 Å². The summed E-state index contributed by atoms with van der Waals surface area (Å²) in [6, 6.07) is 0.